The van der Waals surface area contributed by atoms with Crippen LogP contribution in [0.25, 0.3) is 0 Å². The number of aryl methyl sites for hydroxylation is 1. The molecular weight excluding hydrogens is 348 g/mol. The first kappa shape index (κ1) is 19.1. The molecule has 1 aliphatic heterocycles. The molecule has 0 unspecified atom stereocenters. The van der Waals surface area contributed by atoms with E-state index in [2.05, 4.69) is 5.32 Å². The van der Waals surface area contributed by atoms with Crippen LogP contribution < -0.4 is 5.32 Å². The van der Waals surface area contributed by atoms with Crippen LogP contribution in [0.5, 0.6) is 0 Å². The summed E-state index contributed by atoms with van der Waals surface area (Å²) in [6.45, 7) is 2.93. The second-order valence-electron chi connectivity index (χ2n) is 7.22. The molecule has 3 amide bonds. The van der Waals surface area contributed by atoms with E-state index in [0.29, 0.717) is 18.5 Å². The number of fused-ring (bicyclic) bond motifs is 1. The summed E-state index contributed by atoms with van der Waals surface area (Å²) in [7, 11) is 0. The minimum Gasteiger partial charge on any atom is -0.454 e. The van der Waals surface area contributed by atoms with Crippen LogP contribution >= 0.6 is 0 Å². The number of nitrogens with one attached hydrogen (secondary N) is 1. The zero-order valence-electron chi connectivity index (χ0n) is 15.6. The van der Waals surface area contributed by atoms with Gasteiger partial charge in [0.1, 0.15) is 6.54 Å². The van der Waals surface area contributed by atoms with Crippen LogP contribution in [0.4, 0.5) is 5.69 Å². The third-order valence-corrected chi connectivity index (χ3v) is 5.46. The molecule has 3 rings (SSSR count). The Kier molecular flexibility index (Phi) is 5.58. The van der Waals surface area contributed by atoms with Crippen LogP contribution in [0.1, 0.15) is 36.8 Å². The van der Waals surface area contributed by atoms with Crippen molar-refractivity contribution in [2.24, 2.45) is 11.8 Å². The van der Waals surface area contributed by atoms with E-state index in [9.17, 15) is 19.2 Å². The summed E-state index contributed by atoms with van der Waals surface area (Å²) < 4.78 is 4.96. The number of benzene rings is 1. The van der Waals surface area contributed by atoms with Gasteiger partial charge in [-0.15, -0.1) is 0 Å². The van der Waals surface area contributed by atoms with E-state index >= 15 is 0 Å². The van der Waals surface area contributed by atoms with Gasteiger partial charge in [-0.1, -0.05) is 25.0 Å². The van der Waals surface area contributed by atoms with Gasteiger partial charge in [0.15, 0.2) is 6.61 Å². The maximum atomic E-state index is 12.4. The van der Waals surface area contributed by atoms with Gasteiger partial charge in [0.2, 0.25) is 11.8 Å². The van der Waals surface area contributed by atoms with Crippen molar-refractivity contribution in [1.29, 1.82) is 0 Å². The number of carbonyl (C=O) groups excluding carboxylic acids is 4. The Labute approximate surface area is 158 Å². The summed E-state index contributed by atoms with van der Waals surface area (Å²) in [6.07, 6.45) is 3.24. The van der Waals surface area contributed by atoms with Gasteiger partial charge in [0.25, 0.3) is 5.91 Å². The predicted octanol–water partition coefficient (Wildman–Crippen LogP) is 1.96. The molecular formula is C20H24N2O5. The number of amides is 3. The fraction of sp³-hybridized carbons (Fsp3) is 0.500. The summed E-state index contributed by atoms with van der Waals surface area (Å²) in [5.74, 6) is -2.41. The molecule has 7 nitrogen and oxygen atoms in total. The van der Waals surface area contributed by atoms with Crippen molar-refractivity contribution in [2.45, 2.75) is 39.5 Å². The van der Waals surface area contributed by atoms with Gasteiger partial charge in [-0.25, -0.2) is 0 Å². The average Bonchev–Trinajstić information content (AvgIpc) is 2.89. The number of imide groups is 1. The van der Waals surface area contributed by atoms with Crippen molar-refractivity contribution >= 4 is 29.4 Å². The molecule has 1 N–H and O–H groups in total. The molecule has 7 heteroatoms. The molecule has 1 heterocycles. The third kappa shape index (κ3) is 4.02. The van der Waals surface area contributed by atoms with Crippen molar-refractivity contribution in [3.05, 3.63) is 29.3 Å². The normalized spacial score (nSPS) is 21.8. The highest BCUT2D eigenvalue weighted by molar-refractivity contribution is 6.07. The lowest BCUT2D eigenvalue weighted by Gasteiger charge is -2.19. The molecule has 1 aromatic carbocycles. The van der Waals surface area contributed by atoms with Crippen LogP contribution in [0.2, 0.25) is 0 Å². The van der Waals surface area contributed by atoms with Crippen LogP contribution in [-0.4, -0.2) is 41.7 Å². The highest BCUT2D eigenvalue weighted by atomic mass is 16.5. The molecule has 1 saturated heterocycles. The molecule has 0 aromatic heterocycles. The largest absolute Gasteiger partial charge is 0.454 e. The first-order valence-electron chi connectivity index (χ1n) is 9.25. The van der Waals surface area contributed by atoms with E-state index in [4.69, 9.17) is 4.74 Å². The smallest absolute Gasteiger partial charge is 0.326 e. The van der Waals surface area contributed by atoms with E-state index in [1.165, 1.54) is 0 Å². The maximum absolute atomic E-state index is 12.4. The summed E-state index contributed by atoms with van der Waals surface area (Å²) in [5.41, 5.74) is 2.63. The topological polar surface area (TPSA) is 92.8 Å². The predicted molar refractivity (Wildman–Crippen MR) is 97.7 cm³/mol. The van der Waals surface area contributed by atoms with Crippen molar-refractivity contribution in [2.75, 3.05) is 18.5 Å². The average molecular weight is 372 g/mol. The number of carbonyl (C=O) groups is 4. The maximum Gasteiger partial charge on any atom is 0.326 e. The molecule has 1 aromatic rings. The van der Waals surface area contributed by atoms with Crippen LogP contribution in [0, 0.1) is 25.7 Å². The third-order valence-electron chi connectivity index (χ3n) is 5.46. The summed E-state index contributed by atoms with van der Waals surface area (Å²) in [4.78, 5) is 49.7. The number of ether oxygens (including phenoxy) is 1. The van der Waals surface area contributed by atoms with Gasteiger partial charge >= 0.3 is 5.97 Å². The quantitative estimate of drug-likeness (QED) is 0.630. The Morgan fingerprint density at radius 2 is 1.74 bits per heavy atom. The number of rotatable bonds is 5. The van der Waals surface area contributed by atoms with Crippen molar-refractivity contribution in [3.63, 3.8) is 0 Å². The highest BCUT2D eigenvalue weighted by Crippen LogP contribution is 2.37. The molecule has 1 aliphatic carbocycles. The molecule has 2 atom stereocenters. The second kappa shape index (κ2) is 7.90. The monoisotopic (exact) mass is 372 g/mol. The molecule has 2 fully saturated rings. The van der Waals surface area contributed by atoms with Gasteiger partial charge in [-0.2, -0.15) is 0 Å². The van der Waals surface area contributed by atoms with Crippen LogP contribution in [0.15, 0.2) is 18.2 Å². The van der Waals surface area contributed by atoms with Crippen molar-refractivity contribution in [3.8, 4) is 0 Å². The molecule has 27 heavy (non-hydrogen) atoms. The standard InChI is InChI=1S/C20H24N2O5/c1-12-6-5-9-16(13(12)2)21-17(23)11-27-18(24)10-22-19(25)14-7-3-4-8-15(14)20(22)26/h5-6,9,14-15H,3-4,7-8,10-11H2,1-2H3,(H,21,23)/t14-,15-/m0/s1. The molecule has 0 radical (unpaired) electrons. The molecule has 0 bridgehead atoms. The molecule has 144 valence electrons. The van der Waals surface area contributed by atoms with E-state index in [-0.39, 0.29) is 23.7 Å². The summed E-state index contributed by atoms with van der Waals surface area (Å²) >= 11 is 0. The van der Waals surface area contributed by atoms with Crippen LogP contribution in [-0.2, 0) is 23.9 Å². The molecule has 1 saturated carbocycles. The zero-order valence-corrected chi connectivity index (χ0v) is 15.6. The lowest BCUT2D eigenvalue weighted by molar-refractivity contribution is -0.154. The van der Waals surface area contributed by atoms with Gasteiger partial charge in [0, 0.05) is 5.69 Å². The molecule has 0 spiro atoms. The summed E-state index contributed by atoms with van der Waals surface area (Å²) in [6, 6.07) is 5.53. The fourth-order valence-corrected chi connectivity index (χ4v) is 3.78. The number of nitrogens with zero attached hydrogens (tertiary/aromatic N) is 1. The fourth-order valence-electron chi connectivity index (χ4n) is 3.78. The SMILES string of the molecule is Cc1cccc(NC(=O)COC(=O)CN2C(=O)[C@H]3CCCC[C@@H]3C2=O)c1C. The van der Waals surface area contributed by atoms with Gasteiger partial charge in [0.05, 0.1) is 11.8 Å². The van der Waals surface area contributed by atoms with E-state index in [1.807, 2.05) is 26.0 Å². The Morgan fingerprint density at radius 1 is 1.11 bits per heavy atom. The van der Waals surface area contributed by atoms with E-state index in [1.54, 1.807) is 6.07 Å². The Hall–Kier alpha value is -2.70. The van der Waals surface area contributed by atoms with E-state index < -0.39 is 25.0 Å². The number of esters is 1. The Bertz CT molecular complexity index is 765. The Balaban J connectivity index is 1.51. The minimum absolute atomic E-state index is 0.290. The molecule has 2 aliphatic rings. The Morgan fingerprint density at radius 3 is 2.37 bits per heavy atom. The van der Waals surface area contributed by atoms with Gasteiger partial charge in [-0.3, -0.25) is 24.1 Å². The first-order valence-corrected chi connectivity index (χ1v) is 9.25. The van der Waals surface area contributed by atoms with Crippen LogP contribution in [0.3, 0.4) is 0 Å². The number of anilines is 1. The number of hydrogen-bond acceptors (Lipinski definition) is 5. The van der Waals surface area contributed by atoms with Gasteiger partial charge in [-0.05, 0) is 43.9 Å². The van der Waals surface area contributed by atoms with Crippen molar-refractivity contribution < 1.29 is 23.9 Å². The lowest BCUT2D eigenvalue weighted by Crippen LogP contribution is -2.37. The zero-order chi connectivity index (χ0) is 19.6. The lowest BCUT2D eigenvalue weighted by atomic mass is 9.81. The van der Waals surface area contributed by atoms with Gasteiger partial charge < -0.3 is 10.1 Å². The number of likely N-dealkylation sites (tertiary alicyclic amines) is 1. The van der Waals surface area contributed by atoms with E-state index in [0.717, 1.165) is 28.9 Å². The number of hydrogen-bond donors (Lipinski definition) is 1. The van der Waals surface area contributed by atoms with Crippen molar-refractivity contribution in [1.82, 2.24) is 4.90 Å². The highest BCUT2D eigenvalue weighted by Gasteiger charge is 2.48. The minimum atomic E-state index is -0.758. The first-order chi connectivity index (χ1) is 12.9. The second-order valence-corrected chi connectivity index (χ2v) is 7.22. The summed E-state index contributed by atoms with van der Waals surface area (Å²) in [5, 5.41) is 2.69.